The fraction of sp³-hybridized carbons (Fsp3) is 0.600. The van der Waals surface area contributed by atoms with Crippen LogP contribution in [-0.2, 0) is 0 Å². The van der Waals surface area contributed by atoms with E-state index in [-0.39, 0.29) is 17.2 Å². The van der Waals surface area contributed by atoms with Crippen molar-refractivity contribution in [2.24, 2.45) is 5.92 Å². The Labute approximate surface area is 122 Å². The molecule has 0 saturated carbocycles. The molecule has 6 heteroatoms. The van der Waals surface area contributed by atoms with Gasteiger partial charge in [0.15, 0.2) is 0 Å². The van der Waals surface area contributed by atoms with Crippen molar-refractivity contribution >= 4 is 11.0 Å². The molecular formula is C15H23N4O2+. The van der Waals surface area contributed by atoms with Gasteiger partial charge in [-0.3, -0.25) is 19.4 Å². The van der Waals surface area contributed by atoms with Crippen molar-refractivity contribution in [1.82, 2.24) is 14.8 Å². The number of likely N-dealkylation sites (tertiary alicyclic amines) is 1. The lowest BCUT2D eigenvalue weighted by atomic mass is 9.90. The van der Waals surface area contributed by atoms with Crippen LogP contribution in [0.1, 0.15) is 31.9 Å². The summed E-state index contributed by atoms with van der Waals surface area (Å²) in [5.74, 6) is 0.441. The second kappa shape index (κ2) is 4.87. The molecule has 2 aromatic heterocycles. The number of pyridine rings is 1. The first kappa shape index (κ1) is 14.1. The minimum atomic E-state index is -0.160. The fourth-order valence-electron chi connectivity index (χ4n) is 3.61. The Morgan fingerprint density at radius 2 is 2.05 bits per heavy atom. The highest BCUT2D eigenvalue weighted by Crippen LogP contribution is 2.26. The molecule has 1 aliphatic heterocycles. The molecule has 3 rings (SSSR count). The topological polar surface area (TPSA) is 75.1 Å². The molecule has 0 radical (unpaired) electrons. The number of nitrogens with one attached hydrogen (secondary N) is 3. The van der Waals surface area contributed by atoms with Crippen LogP contribution < -0.4 is 16.0 Å². The third kappa shape index (κ3) is 2.23. The molecule has 1 unspecified atom stereocenters. The molecule has 1 aliphatic rings. The second-order valence-corrected chi connectivity index (χ2v) is 6.58. The number of H-pyrrole nitrogens is 2. The van der Waals surface area contributed by atoms with Crippen molar-refractivity contribution in [3.8, 4) is 0 Å². The predicted octanol–water partition coefficient (Wildman–Crippen LogP) is -0.190. The van der Waals surface area contributed by atoms with E-state index >= 15 is 0 Å². The normalized spacial score (nSPS) is 29.9. The molecule has 3 heterocycles. The Kier molecular flexibility index (Phi) is 3.28. The molecule has 0 bridgehead atoms. The van der Waals surface area contributed by atoms with E-state index in [1.807, 2.05) is 11.6 Å². The van der Waals surface area contributed by atoms with E-state index in [0.717, 1.165) is 18.5 Å². The Balaban J connectivity index is 2.17. The lowest BCUT2D eigenvalue weighted by Gasteiger charge is -2.37. The summed E-state index contributed by atoms with van der Waals surface area (Å²) in [7, 11) is 2.21. The minimum Gasteiger partial charge on any atom is -0.335 e. The van der Waals surface area contributed by atoms with Gasteiger partial charge in [0, 0.05) is 18.4 Å². The zero-order chi connectivity index (χ0) is 15.3. The number of aryl methyl sites for hydroxylation is 1. The van der Waals surface area contributed by atoms with Crippen LogP contribution in [-0.4, -0.2) is 34.4 Å². The number of rotatable bonds is 1. The summed E-state index contributed by atoms with van der Waals surface area (Å²) < 4.78 is 1.89. The van der Waals surface area contributed by atoms with Gasteiger partial charge in [-0.15, -0.1) is 0 Å². The van der Waals surface area contributed by atoms with E-state index in [0.29, 0.717) is 23.0 Å². The standard InChI is InChI=1S/C15H22N4O2/c1-8-5-12(20)16-14-13(8)15(21)17-19(14)11-6-10(3)18(4)7-9(11)2/h5,9-11H,6-7H2,1-4H3,(H,16,20)(H,17,21)/p+1/t9-,10+,11+/m0/s1. The summed E-state index contributed by atoms with van der Waals surface area (Å²) in [5.41, 5.74) is 1.08. The number of hydrogen-bond donors (Lipinski definition) is 3. The van der Waals surface area contributed by atoms with E-state index in [4.69, 9.17) is 0 Å². The predicted molar refractivity (Wildman–Crippen MR) is 82.0 cm³/mol. The van der Waals surface area contributed by atoms with E-state index in [1.54, 1.807) is 0 Å². The van der Waals surface area contributed by atoms with Gasteiger partial charge in [0.2, 0.25) is 5.56 Å². The van der Waals surface area contributed by atoms with Crippen molar-refractivity contribution in [3.63, 3.8) is 0 Å². The van der Waals surface area contributed by atoms with Gasteiger partial charge in [-0.2, -0.15) is 0 Å². The molecule has 1 saturated heterocycles. The lowest BCUT2D eigenvalue weighted by Crippen LogP contribution is -3.14. The van der Waals surface area contributed by atoms with Gasteiger partial charge in [-0.25, -0.2) is 0 Å². The molecule has 6 nitrogen and oxygen atoms in total. The lowest BCUT2D eigenvalue weighted by molar-refractivity contribution is -0.914. The Bertz CT molecular complexity index is 785. The van der Waals surface area contributed by atoms with Gasteiger partial charge in [0.1, 0.15) is 5.65 Å². The van der Waals surface area contributed by atoms with Crippen LogP contribution in [0.15, 0.2) is 15.7 Å². The van der Waals surface area contributed by atoms with Gasteiger partial charge in [0.05, 0.1) is 31.1 Å². The van der Waals surface area contributed by atoms with Gasteiger partial charge in [-0.05, 0) is 19.4 Å². The average molecular weight is 291 g/mol. The molecule has 114 valence electrons. The first-order valence-corrected chi connectivity index (χ1v) is 7.55. The third-order valence-electron chi connectivity index (χ3n) is 4.98. The zero-order valence-electron chi connectivity index (χ0n) is 13.0. The van der Waals surface area contributed by atoms with Crippen LogP contribution in [0.2, 0.25) is 0 Å². The highest BCUT2D eigenvalue weighted by atomic mass is 16.1. The first-order valence-electron chi connectivity index (χ1n) is 7.55. The summed E-state index contributed by atoms with van der Waals surface area (Å²) in [5, 5.41) is 3.54. The summed E-state index contributed by atoms with van der Waals surface area (Å²) in [4.78, 5) is 28.3. The van der Waals surface area contributed by atoms with Gasteiger partial charge >= 0.3 is 0 Å². The Morgan fingerprint density at radius 1 is 1.33 bits per heavy atom. The largest absolute Gasteiger partial charge is 0.335 e. The van der Waals surface area contributed by atoms with Crippen LogP contribution in [0.4, 0.5) is 0 Å². The fourth-order valence-corrected chi connectivity index (χ4v) is 3.61. The maximum Gasteiger partial charge on any atom is 0.273 e. The number of aromatic amines is 2. The van der Waals surface area contributed by atoms with E-state index in [2.05, 4.69) is 31.0 Å². The van der Waals surface area contributed by atoms with Gasteiger partial charge in [-0.1, -0.05) is 6.92 Å². The maximum atomic E-state index is 12.2. The number of piperidine rings is 1. The molecule has 0 spiro atoms. The SMILES string of the molecule is Cc1cc(=O)[nH]c2c1c(=O)[nH]n2[C@@H]1C[C@@H](C)[NH+](C)C[C@@H]1C. The summed E-state index contributed by atoms with van der Waals surface area (Å²) in [6, 6.07) is 2.22. The Morgan fingerprint density at radius 3 is 2.76 bits per heavy atom. The van der Waals surface area contributed by atoms with Crippen molar-refractivity contribution in [3.05, 3.63) is 32.3 Å². The number of fused-ring (bicyclic) bond motifs is 1. The monoisotopic (exact) mass is 291 g/mol. The van der Waals surface area contributed by atoms with Crippen molar-refractivity contribution in [1.29, 1.82) is 0 Å². The first-order chi connectivity index (χ1) is 9.88. The zero-order valence-corrected chi connectivity index (χ0v) is 13.0. The number of quaternary nitrogens is 1. The van der Waals surface area contributed by atoms with Crippen molar-refractivity contribution < 1.29 is 4.90 Å². The highest BCUT2D eigenvalue weighted by Gasteiger charge is 2.34. The van der Waals surface area contributed by atoms with Crippen molar-refractivity contribution in [2.75, 3.05) is 13.6 Å². The molecular weight excluding hydrogens is 268 g/mol. The van der Waals surface area contributed by atoms with E-state index in [9.17, 15) is 9.59 Å². The Hall–Kier alpha value is -1.82. The van der Waals surface area contributed by atoms with Crippen LogP contribution in [0, 0.1) is 12.8 Å². The molecule has 4 atom stereocenters. The third-order valence-corrected chi connectivity index (χ3v) is 4.98. The molecule has 21 heavy (non-hydrogen) atoms. The molecule has 3 N–H and O–H groups in total. The number of nitrogens with zero attached hydrogens (tertiary/aromatic N) is 1. The number of hydrogen-bond acceptors (Lipinski definition) is 2. The van der Waals surface area contributed by atoms with Gasteiger partial charge in [0.25, 0.3) is 5.56 Å². The summed E-state index contributed by atoms with van der Waals surface area (Å²) >= 11 is 0. The highest BCUT2D eigenvalue weighted by molar-refractivity contribution is 5.78. The smallest absolute Gasteiger partial charge is 0.273 e. The minimum absolute atomic E-state index is 0.120. The second-order valence-electron chi connectivity index (χ2n) is 6.58. The van der Waals surface area contributed by atoms with Crippen LogP contribution >= 0.6 is 0 Å². The maximum absolute atomic E-state index is 12.2. The van der Waals surface area contributed by atoms with Crippen molar-refractivity contribution in [2.45, 2.75) is 39.3 Å². The summed E-state index contributed by atoms with van der Waals surface area (Å²) in [6.45, 7) is 7.30. The molecule has 0 aromatic carbocycles. The van der Waals surface area contributed by atoms with Crippen LogP contribution in [0.5, 0.6) is 0 Å². The van der Waals surface area contributed by atoms with Crippen LogP contribution in [0.25, 0.3) is 11.0 Å². The average Bonchev–Trinajstić information content (AvgIpc) is 2.71. The van der Waals surface area contributed by atoms with Gasteiger partial charge < -0.3 is 9.88 Å². The van der Waals surface area contributed by atoms with E-state index in [1.165, 1.54) is 11.0 Å². The molecule has 0 amide bonds. The van der Waals surface area contributed by atoms with E-state index < -0.39 is 0 Å². The molecule has 0 aliphatic carbocycles. The molecule has 2 aromatic rings. The summed E-state index contributed by atoms with van der Waals surface area (Å²) in [6.07, 6.45) is 0.989. The molecule has 1 fully saturated rings. The van der Waals surface area contributed by atoms with Crippen LogP contribution in [0.3, 0.4) is 0 Å². The number of aromatic nitrogens is 3. The quantitative estimate of drug-likeness (QED) is 0.681.